The highest BCUT2D eigenvalue weighted by Crippen LogP contribution is 2.21. The molecule has 2 aromatic carbocycles. The zero-order valence-corrected chi connectivity index (χ0v) is 15.7. The minimum atomic E-state index is 0.0131. The molecule has 0 saturated carbocycles. The van der Waals surface area contributed by atoms with Gasteiger partial charge in [-0.05, 0) is 49.1 Å². The molecule has 1 saturated heterocycles. The average molecular weight is 374 g/mol. The Morgan fingerprint density at radius 3 is 2.58 bits per heavy atom. The largest absolute Gasteiger partial charge is 0.484 e. The van der Waals surface area contributed by atoms with Gasteiger partial charge in [0.15, 0.2) is 6.61 Å². The normalized spacial score (nSPS) is 15.1. The van der Waals surface area contributed by atoms with Gasteiger partial charge in [-0.3, -0.25) is 4.79 Å². The van der Waals surface area contributed by atoms with E-state index in [0.717, 1.165) is 18.4 Å². The van der Waals surface area contributed by atoms with Crippen molar-refractivity contribution >= 4 is 17.5 Å². The lowest BCUT2D eigenvalue weighted by molar-refractivity contribution is -0.136. The number of piperidine rings is 1. The third-order valence-electron chi connectivity index (χ3n) is 4.61. The molecule has 1 heterocycles. The fourth-order valence-electron chi connectivity index (χ4n) is 3.00. The average Bonchev–Trinajstić information content (AvgIpc) is 2.68. The molecule has 0 aromatic heterocycles. The van der Waals surface area contributed by atoms with E-state index < -0.39 is 0 Å². The Hall–Kier alpha value is -2.04. The maximum absolute atomic E-state index is 12.3. The van der Waals surface area contributed by atoms with Crippen LogP contribution in [-0.4, -0.2) is 36.6 Å². The number of nitrogens with zero attached hydrogens (tertiary/aromatic N) is 1. The van der Waals surface area contributed by atoms with E-state index in [1.165, 1.54) is 5.56 Å². The minimum absolute atomic E-state index is 0.0131. The smallest absolute Gasteiger partial charge is 0.260 e. The summed E-state index contributed by atoms with van der Waals surface area (Å²) < 4.78 is 11.6. The lowest BCUT2D eigenvalue weighted by atomic mass is 10.1. The number of hydrogen-bond donors (Lipinski definition) is 0. The maximum Gasteiger partial charge on any atom is 0.260 e. The van der Waals surface area contributed by atoms with Crippen LogP contribution in [0.3, 0.4) is 0 Å². The van der Waals surface area contributed by atoms with Gasteiger partial charge in [0.05, 0.1) is 12.7 Å². The number of halogens is 1. The van der Waals surface area contributed by atoms with E-state index in [0.29, 0.717) is 30.5 Å². The van der Waals surface area contributed by atoms with Gasteiger partial charge in [-0.15, -0.1) is 0 Å². The van der Waals surface area contributed by atoms with Crippen LogP contribution in [0.15, 0.2) is 48.5 Å². The highest BCUT2D eigenvalue weighted by atomic mass is 35.5. The molecule has 4 nitrogen and oxygen atoms in total. The molecule has 0 bridgehead atoms. The summed E-state index contributed by atoms with van der Waals surface area (Å²) in [5.74, 6) is 0.681. The van der Waals surface area contributed by atoms with Crippen molar-refractivity contribution in [2.24, 2.45) is 0 Å². The Balaban J connectivity index is 1.39. The predicted molar refractivity (Wildman–Crippen MR) is 103 cm³/mol. The van der Waals surface area contributed by atoms with Crippen LogP contribution in [-0.2, 0) is 16.1 Å². The fourth-order valence-corrected chi connectivity index (χ4v) is 3.12. The third-order valence-corrected chi connectivity index (χ3v) is 5.04. The standard InChI is InChI=1S/C21H24ClNO3/c1-16-13-19(7-8-20(16)22)26-15-21(24)23-11-9-18(10-12-23)25-14-17-5-3-2-4-6-17/h2-8,13,18H,9-12,14-15H2,1H3. The van der Waals surface area contributed by atoms with Crippen LogP contribution in [0.2, 0.25) is 5.02 Å². The molecule has 0 unspecified atom stereocenters. The maximum atomic E-state index is 12.3. The van der Waals surface area contributed by atoms with Gasteiger partial charge < -0.3 is 14.4 Å². The highest BCUT2D eigenvalue weighted by Gasteiger charge is 2.23. The molecule has 0 spiro atoms. The van der Waals surface area contributed by atoms with Crippen LogP contribution in [0, 0.1) is 6.92 Å². The van der Waals surface area contributed by atoms with Crippen LogP contribution >= 0.6 is 11.6 Å². The summed E-state index contributed by atoms with van der Waals surface area (Å²) in [6.45, 7) is 4.01. The number of carbonyl (C=O) groups is 1. The van der Waals surface area contributed by atoms with Gasteiger partial charge in [-0.2, -0.15) is 0 Å². The lowest BCUT2D eigenvalue weighted by Crippen LogP contribution is -2.42. The molecule has 138 valence electrons. The first kappa shape index (κ1) is 18.7. The quantitative estimate of drug-likeness (QED) is 0.760. The SMILES string of the molecule is Cc1cc(OCC(=O)N2CCC(OCc3ccccc3)CC2)ccc1Cl. The second kappa shape index (κ2) is 9.06. The van der Waals surface area contributed by atoms with Crippen molar-refractivity contribution in [2.75, 3.05) is 19.7 Å². The number of likely N-dealkylation sites (tertiary alicyclic amines) is 1. The second-order valence-corrected chi connectivity index (χ2v) is 6.98. The van der Waals surface area contributed by atoms with Crippen LogP contribution in [0.25, 0.3) is 0 Å². The number of benzene rings is 2. The Morgan fingerprint density at radius 2 is 1.88 bits per heavy atom. The molecular formula is C21H24ClNO3. The molecule has 1 aliphatic heterocycles. The molecule has 0 radical (unpaired) electrons. The fraction of sp³-hybridized carbons (Fsp3) is 0.381. The summed E-state index contributed by atoms with van der Waals surface area (Å²) in [4.78, 5) is 14.2. The highest BCUT2D eigenvalue weighted by molar-refractivity contribution is 6.31. The Bertz CT molecular complexity index is 727. The number of rotatable bonds is 6. The molecule has 1 amide bonds. The topological polar surface area (TPSA) is 38.8 Å². The van der Waals surface area contributed by atoms with E-state index >= 15 is 0 Å². The van der Waals surface area contributed by atoms with E-state index in [1.807, 2.05) is 36.1 Å². The van der Waals surface area contributed by atoms with Gasteiger partial charge in [0.2, 0.25) is 0 Å². The van der Waals surface area contributed by atoms with Crippen LogP contribution in [0.4, 0.5) is 0 Å². The number of hydrogen-bond acceptors (Lipinski definition) is 3. The first-order valence-electron chi connectivity index (χ1n) is 8.94. The number of ether oxygens (including phenoxy) is 2. The molecule has 5 heteroatoms. The Morgan fingerprint density at radius 1 is 1.15 bits per heavy atom. The number of amides is 1. The van der Waals surface area contributed by atoms with Crippen molar-refractivity contribution in [1.82, 2.24) is 4.90 Å². The molecule has 3 rings (SSSR count). The van der Waals surface area contributed by atoms with Gasteiger partial charge in [0.25, 0.3) is 5.91 Å². The van der Waals surface area contributed by atoms with Gasteiger partial charge in [-0.25, -0.2) is 0 Å². The molecule has 2 aromatic rings. The Kier molecular flexibility index (Phi) is 6.53. The lowest BCUT2D eigenvalue weighted by Gasteiger charge is -2.32. The van der Waals surface area contributed by atoms with E-state index in [2.05, 4.69) is 12.1 Å². The van der Waals surface area contributed by atoms with Gasteiger partial charge >= 0.3 is 0 Å². The molecule has 0 aliphatic carbocycles. The zero-order valence-electron chi connectivity index (χ0n) is 15.0. The van der Waals surface area contributed by atoms with E-state index in [4.69, 9.17) is 21.1 Å². The summed E-state index contributed by atoms with van der Waals surface area (Å²) in [7, 11) is 0. The van der Waals surface area contributed by atoms with E-state index in [9.17, 15) is 4.79 Å². The van der Waals surface area contributed by atoms with E-state index in [-0.39, 0.29) is 18.6 Å². The molecule has 1 aliphatic rings. The predicted octanol–water partition coefficient (Wildman–Crippen LogP) is 4.24. The second-order valence-electron chi connectivity index (χ2n) is 6.58. The molecule has 1 fully saturated rings. The molecule has 26 heavy (non-hydrogen) atoms. The summed E-state index contributed by atoms with van der Waals surface area (Å²) in [5.41, 5.74) is 2.12. The van der Waals surface area contributed by atoms with Crippen molar-refractivity contribution in [3.8, 4) is 5.75 Å². The first-order valence-corrected chi connectivity index (χ1v) is 9.32. The van der Waals surface area contributed by atoms with Crippen LogP contribution in [0.5, 0.6) is 5.75 Å². The summed E-state index contributed by atoms with van der Waals surface area (Å²) in [6.07, 6.45) is 1.93. The van der Waals surface area contributed by atoms with Crippen molar-refractivity contribution in [3.63, 3.8) is 0 Å². The van der Waals surface area contributed by atoms with Crippen molar-refractivity contribution in [1.29, 1.82) is 0 Å². The molecular weight excluding hydrogens is 350 g/mol. The number of carbonyl (C=O) groups excluding carboxylic acids is 1. The Labute approximate surface area is 159 Å². The monoisotopic (exact) mass is 373 g/mol. The summed E-state index contributed by atoms with van der Waals surface area (Å²) in [5, 5.41) is 0.696. The number of aryl methyl sites for hydroxylation is 1. The minimum Gasteiger partial charge on any atom is -0.484 e. The zero-order chi connectivity index (χ0) is 18.4. The van der Waals surface area contributed by atoms with Crippen molar-refractivity contribution < 1.29 is 14.3 Å². The molecule has 0 atom stereocenters. The van der Waals surface area contributed by atoms with Crippen molar-refractivity contribution in [2.45, 2.75) is 32.5 Å². The van der Waals surface area contributed by atoms with Gasteiger partial charge in [-0.1, -0.05) is 41.9 Å². The third kappa shape index (κ3) is 5.23. The molecule has 0 N–H and O–H groups in total. The van der Waals surface area contributed by atoms with E-state index in [1.54, 1.807) is 12.1 Å². The van der Waals surface area contributed by atoms with Gasteiger partial charge in [0, 0.05) is 18.1 Å². The van der Waals surface area contributed by atoms with Crippen LogP contribution in [0.1, 0.15) is 24.0 Å². The van der Waals surface area contributed by atoms with Crippen LogP contribution < -0.4 is 4.74 Å². The van der Waals surface area contributed by atoms with Crippen molar-refractivity contribution in [3.05, 3.63) is 64.7 Å². The van der Waals surface area contributed by atoms with Gasteiger partial charge in [0.1, 0.15) is 5.75 Å². The summed E-state index contributed by atoms with van der Waals surface area (Å²) >= 11 is 6.00. The first-order chi connectivity index (χ1) is 12.6. The summed E-state index contributed by atoms with van der Waals surface area (Å²) in [6, 6.07) is 15.6.